The van der Waals surface area contributed by atoms with Gasteiger partial charge in [-0.2, -0.15) is 0 Å². The molecular formula is C13H21N. The number of hydrogen-bond acceptors (Lipinski definition) is 1. The molecule has 4 saturated carbocycles. The summed E-state index contributed by atoms with van der Waals surface area (Å²) in [5.74, 6) is 3.66. The van der Waals surface area contributed by atoms with E-state index in [1.807, 2.05) is 0 Å². The lowest BCUT2D eigenvalue weighted by atomic mass is 9.49. The lowest BCUT2D eigenvalue weighted by molar-refractivity contribution is -0.0331. The van der Waals surface area contributed by atoms with E-state index in [0.29, 0.717) is 0 Å². The molecule has 0 atom stereocenters. The average Bonchev–Trinajstić information content (AvgIpc) is 2.14. The highest BCUT2D eigenvalue weighted by Gasteiger charge is 2.53. The molecule has 2 N–H and O–H groups in total. The Kier molecular flexibility index (Phi) is 1.82. The molecule has 4 aliphatic rings. The molecule has 4 aliphatic carbocycles. The van der Waals surface area contributed by atoms with Gasteiger partial charge in [0.1, 0.15) is 0 Å². The maximum Gasteiger partial charge on any atom is 0.0396 e. The first-order chi connectivity index (χ1) is 6.72. The first-order valence-electron chi connectivity index (χ1n) is 6.15. The average molecular weight is 191 g/mol. The van der Waals surface area contributed by atoms with E-state index in [0.717, 1.165) is 23.7 Å². The minimum Gasteiger partial charge on any atom is -0.321 e. The Morgan fingerprint density at radius 2 is 1.50 bits per heavy atom. The molecule has 4 fully saturated rings. The summed E-state index contributed by atoms with van der Waals surface area (Å²) in [6, 6.07) is 0. The van der Waals surface area contributed by atoms with Gasteiger partial charge in [-0.15, -0.1) is 0 Å². The quantitative estimate of drug-likeness (QED) is 0.634. The lowest BCUT2D eigenvalue weighted by Gasteiger charge is -2.59. The first kappa shape index (κ1) is 8.96. The molecule has 1 nitrogen and oxygen atoms in total. The van der Waals surface area contributed by atoms with E-state index < -0.39 is 0 Å². The van der Waals surface area contributed by atoms with Gasteiger partial charge >= 0.3 is 0 Å². The standard InChI is InChI=1S/C13H21N/c1-2-3-13(14)11-5-9-4-10(7-11)8-12(13)6-9/h2-3,9-12H,4-8,14H2,1H3/b3-2+. The zero-order valence-corrected chi connectivity index (χ0v) is 9.08. The van der Waals surface area contributed by atoms with Crippen LogP contribution in [0.15, 0.2) is 12.2 Å². The van der Waals surface area contributed by atoms with Gasteiger partial charge in [0.25, 0.3) is 0 Å². The zero-order chi connectivity index (χ0) is 9.76. The predicted octanol–water partition coefficient (Wildman–Crippen LogP) is 2.72. The van der Waals surface area contributed by atoms with Crippen LogP contribution in [-0.2, 0) is 0 Å². The van der Waals surface area contributed by atoms with Crippen LogP contribution in [0, 0.1) is 23.7 Å². The van der Waals surface area contributed by atoms with Gasteiger partial charge in [0.2, 0.25) is 0 Å². The summed E-state index contributed by atoms with van der Waals surface area (Å²) in [4.78, 5) is 0. The third kappa shape index (κ3) is 1.05. The highest BCUT2D eigenvalue weighted by Crippen LogP contribution is 2.57. The molecule has 14 heavy (non-hydrogen) atoms. The van der Waals surface area contributed by atoms with Crippen molar-refractivity contribution in [2.45, 2.75) is 44.6 Å². The van der Waals surface area contributed by atoms with Crippen LogP contribution in [0.25, 0.3) is 0 Å². The molecule has 78 valence electrons. The summed E-state index contributed by atoms with van der Waals surface area (Å²) in [7, 11) is 0. The second kappa shape index (κ2) is 2.85. The molecule has 0 unspecified atom stereocenters. The Balaban J connectivity index is 1.94. The molecule has 4 bridgehead atoms. The topological polar surface area (TPSA) is 26.0 Å². The van der Waals surface area contributed by atoms with Crippen molar-refractivity contribution in [1.29, 1.82) is 0 Å². The second-order valence-electron chi connectivity index (χ2n) is 5.80. The molecular weight excluding hydrogens is 170 g/mol. The summed E-state index contributed by atoms with van der Waals surface area (Å²) >= 11 is 0. The van der Waals surface area contributed by atoms with Gasteiger partial charge in [0.15, 0.2) is 0 Å². The van der Waals surface area contributed by atoms with E-state index in [1.165, 1.54) is 32.1 Å². The van der Waals surface area contributed by atoms with Crippen LogP contribution in [-0.4, -0.2) is 5.54 Å². The Morgan fingerprint density at radius 3 is 1.93 bits per heavy atom. The number of hydrogen-bond donors (Lipinski definition) is 1. The van der Waals surface area contributed by atoms with E-state index in [1.54, 1.807) is 0 Å². The fourth-order valence-corrected chi connectivity index (χ4v) is 4.56. The SMILES string of the molecule is C/C=C/C1(N)C2CC3CC(C2)CC1C3. The van der Waals surface area contributed by atoms with E-state index in [2.05, 4.69) is 19.1 Å². The molecule has 0 aliphatic heterocycles. The Morgan fingerprint density at radius 1 is 1.00 bits per heavy atom. The fourth-order valence-electron chi connectivity index (χ4n) is 4.56. The summed E-state index contributed by atoms with van der Waals surface area (Å²) in [6.45, 7) is 2.11. The molecule has 0 aromatic carbocycles. The van der Waals surface area contributed by atoms with Crippen molar-refractivity contribution < 1.29 is 0 Å². The van der Waals surface area contributed by atoms with Crippen molar-refractivity contribution in [2.24, 2.45) is 29.4 Å². The fraction of sp³-hybridized carbons (Fsp3) is 0.846. The van der Waals surface area contributed by atoms with Gasteiger partial charge in [-0.05, 0) is 62.7 Å². The van der Waals surface area contributed by atoms with E-state index in [-0.39, 0.29) is 5.54 Å². The molecule has 0 radical (unpaired) electrons. The maximum absolute atomic E-state index is 6.62. The molecule has 4 rings (SSSR count). The molecule has 0 heterocycles. The minimum atomic E-state index is 0.0716. The summed E-state index contributed by atoms with van der Waals surface area (Å²) in [5.41, 5.74) is 6.69. The van der Waals surface area contributed by atoms with Gasteiger partial charge in [-0.1, -0.05) is 12.2 Å². The van der Waals surface area contributed by atoms with Gasteiger partial charge in [-0.3, -0.25) is 0 Å². The molecule has 0 spiro atoms. The Hall–Kier alpha value is -0.300. The van der Waals surface area contributed by atoms with Crippen molar-refractivity contribution in [3.05, 3.63) is 12.2 Å². The summed E-state index contributed by atoms with van der Waals surface area (Å²) in [5, 5.41) is 0. The zero-order valence-electron chi connectivity index (χ0n) is 9.08. The van der Waals surface area contributed by atoms with Crippen molar-refractivity contribution >= 4 is 0 Å². The molecule has 0 amide bonds. The Labute approximate surface area is 86.8 Å². The van der Waals surface area contributed by atoms with Gasteiger partial charge in [0.05, 0.1) is 0 Å². The first-order valence-corrected chi connectivity index (χ1v) is 6.15. The van der Waals surface area contributed by atoms with Crippen LogP contribution in [0.5, 0.6) is 0 Å². The van der Waals surface area contributed by atoms with Crippen molar-refractivity contribution in [3.63, 3.8) is 0 Å². The highest BCUT2D eigenvalue weighted by atomic mass is 14.8. The Bertz CT molecular complexity index is 238. The normalized spacial score (nSPS) is 55.9. The van der Waals surface area contributed by atoms with Crippen LogP contribution in [0.4, 0.5) is 0 Å². The number of allylic oxidation sites excluding steroid dienone is 1. The van der Waals surface area contributed by atoms with Gasteiger partial charge < -0.3 is 5.73 Å². The van der Waals surface area contributed by atoms with Crippen molar-refractivity contribution in [3.8, 4) is 0 Å². The van der Waals surface area contributed by atoms with Crippen LogP contribution in [0.2, 0.25) is 0 Å². The largest absolute Gasteiger partial charge is 0.321 e. The van der Waals surface area contributed by atoms with Crippen LogP contribution in [0.1, 0.15) is 39.0 Å². The van der Waals surface area contributed by atoms with E-state index in [4.69, 9.17) is 5.73 Å². The van der Waals surface area contributed by atoms with Crippen molar-refractivity contribution in [1.82, 2.24) is 0 Å². The van der Waals surface area contributed by atoms with Crippen molar-refractivity contribution in [2.75, 3.05) is 0 Å². The van der Waals surface area contributed by atoms with E-state index >= 15 is 0 Å². The minimum absolute atomic E-state index is 0.0716. The lowest BCUT2D eigenvalue weighted by Crippen LogP contribution is -2.61. The van der Waals surface area contributed by atoms with Gasteiger partial charge in [-0.25, -0.2) is 0 Å². The highest BCUT2D eigenvalue weighted by molar-refractivity contribution is 5.18. The molecule has 1 heteroatoms. The number of rotatable bonds is 1. The van der Waals surface area contributed by atoms with Crippen LogP contribution >= 0.6 is 0 Å². The molecule has 0 saturated heterocycles. The third-order valence-corrected chi connectivity index (χ3v) is 5.01. The summed E-state index contributed by atoms with van der Waals surface area (Å²) < 4.78 is 0. The van der Waals surface area contributed by atoms with E-state index in [9.17, 15) is 0 Å². The third-order valence-electron chi connectivity index (χ3n) is 5.01. The summed E-state index contributed by atoms with van der Waals surface area (Å²) in [6.07, 6.45) is 11.6. The number of nitrogens with two attached hydrogens (primary N) is 1. The smallest absolute Gasteiger partial charge is 0.0396 e. The maximum atomic E-state index is 6.62. The monoisotopic (exact) mass is 191 g/mol. The molecule has 0 aromatic heterocycles. The van der Waals surface area contributed by atoms with Crippen LogP contribution in [0.3, 0.4) is 0 Å². The predicted molar refractivity (Wildman–Crippen MR) is 58.8 cm³/mol. The second-order valence-corrected chi connectivity index (χ2v) is 5.80. The van der Waals surface area contributed by atoms with Gasteiger partial charge in [0, 0.05) is 5.54 Å². The molecule has 0 aromatic rings. The van der Waals surface area contributed by atoms with Crippen LogP contribution < -0.4 is 5.73 Å².